The molecule has 2 saturated heterocycles. The van der Waals surface area contributed by atoms with Crippen molar-refractivity contribution >= 4 is 23.5 Å². The lowest BCUT2D eigenvalue weighted by Crippen LogP contribution is -2.49. The van der Waals surface area contributed by atoms with E-state index >= 15 is 0 Å². The zero-order valence-electron chi connectivity index (χ0n) is 23.5. The standard InChI is InChI=1S/C30H39F3N6O2/c1-41-26-18-23(34)20(17-25(26)38-28(40)24-3-2-4-27(37-24)30(31,32)33)19-36-21-5-7-22(8-6-21)39-15-11-29(12-16-39)9-13-35-14-10-29/h2-4,17-19,21-22,35H,5-16,34H2,1H3,(H,38,40). The number of nitrogens with zero attached hydrogens (tertiary/aromatic N) is 3. The Bertz CT molecular complexity index is 1240. The Kier molecular flexibility index (Phi) is 8.84. The van der Waals surface area contributed by atoms with Crippen LogP contribution in [0.5, 0.6) is 5.75 Å². The fraction of sp³-hybridized carbons (Fsp3) is 0.567. The van der Waals surface area contributed by atoms with Gasteiger partial charge in [0.25, 0.3) is 5.91 Å². The van der Waals surface area contributed by atoms with Crippen molar-refractivity contribution in [2.24, 2.45) is 10.4 Å². The minimum absolute atomic E-state index is 0.195. The van der Waals surface area contributed by atoms with Crippen molar-refractivity contribution in [2.45, 2.75) is 69.6 Å². The zero-order chi connectivity index (χ0) is 29.0. The number of benzene rings is 1. The molecule has 1 saturated carbocycles. The van der Waals surface area contributed by atoms with Crippen LogP contribution < -0.4 is 21.1 Å². The highest BCUT2D eigenvalue weighted by molar-refractivity contribution is 6.04. The Morgan fingerprint density at radius 3 is 2.51 bits per heavy atom. The summed E-state index contributed by atoms with van der Waals surface area (Å²) in [6.07, 6.45) is 6.58. The van der Waals surface area contributed by atoms with Crippen LogP contribution in [0.4, 0.5) is 24.5 Å². The molecule has 0 bridgehead atoms. The number of nitrogens with two attached hydrogens (primary N) is 1. The molecule has 3 aliphatic rings. The number of nitrogen functional groups attached to an aromatic ring is 1. The molecule has 2 aliphatic heterocycles. The van der Waals surface area contributed by atoms with E-state index in [9.17, 15) is 18.0 Å². The van der Waals surface area contributed by atoms with Crippen molar-refractivity contribution in [3.8, 4) is 5.75 Å². The molecule has 222 valence electrons. The highest BCUT2D eigenvalue weighted by atomic mass is 19.4. The molecule has 8 nitrogen and oxygen atoms in total. The van der Waals surface area contributed by atoms with E-state index in [-0.39, 0.29) is 23.2 Å². The van der Waals surface area contributed by atoms with E-state index in [1.807, 2.05) is 0 Å². The van der Waals surface area contributed by atoms with Crippen LogP contribution in [0.3, 0.4) is 0 Å². The van der Waals surface area contributed by atoms with Gasteiger partial charge in [-0.3, -0.25) is 9.79 Å². The second-order valence-electron chi connectivity index (χ2n) is 11.6. The van der Waals surface area contributed by atoms with Crippen LogP contribution in [0.15, 0.2) is 35.3 Å². The van der Waals surface area contributed by atoms with E-state index in [2.05, 4.69) is 20.5 Å². The normalized spacial score (nSPS) is 23.5. The Morgan fingerprint density at radius 1 is 1.15 bits per heavy atom. The van der Waals surface area contributed by atoms with Crippen molar-refractivity contribution < 1.29 is 22.7 Å². The number of pyridine rings is 1. The third-order valence-corrected chi connectivity index (χ3v) is 9.06. The number of hydrogen-bond donors (Lipinski definition) is 3. The summed E-state index contributed by atoms with van der Waals surface area (Å²) in [5.74, 6) is -0.502. The van der Waals surface area contributed by atoms with Gasteiger partial charge in [0.1, 0.15) is 17.1 Å². The topological polar surface area (TPSA) is 105 Å². The van der Waals surface area contributed by atoms with Crippen LogP contribution in [0, 0.1) is 5.41 Å². The van der Waals surface area contributed by atoms with Gasteiger partial charge >= 0.3 is 6.18 Å². The number of aromatic nitrogens is 1. The SMILES string of the molecule is COc1cc(N)c(C=NC2CCC(N3CCC4(CCNCC4)CC3)CC2)cc1NC(=O)c1cccc(C(F)(F)F)n1. The number of carbonyl (C=O) groups is 1. The molecule has 5 rings (SSSR count). The van der Waals surface area contributed by atoms with Gasteiger partial charge < -0.3 is 26.0 Å². The maximum absolute atomic E-state index is 13.1. The number of rotatable bonds is 6. The monoisotopic (exact) mass is 572 g/mol. The van der Waals surface area contributed by atoms with Gasteiger partial charge in [0, 0.05) is 29.6 Å². The molecule has 0 atom stereocenters. The Hall–Kier alpha value is -3.18. The van der Waals surface area contributed by atoms with E-state index < -0.39 is 17.8 Å². The van der Waals surface area contributed by atoms with E-state index in [1.54, 1.807) is 18.3 Å². The molecule has 2 aromatic rings. The average molecular weight is 573 g/mol. The number of hydrogen-bond acceptors (Lipinski definition) is 7. The predicted molar refractivity (Wildman–Crippen MR) is 154 cm³/mol. The number of nitrogens with one attached hydrogen (secondary N) is 2. The number of aliphatic imine (C=N–C) groups is 1. The average Bonchev–Trinajstić information content (AvgIpc) is 2.98. The first-order chi connectivity index (χ1) is 19.7. The molecule has 1 aromatic carbocycles. The lowest BCUT2D eigenvalue weighted by atomic mass is 9.71. The molecule has 1 spiro atoms. The number of piperidine rings is 2. The number of methoxy groups -OCH3 is 1. The molecule has 41 heavy (non-hydrogen) atoms. The Labute approximate surface area is 238 Å². The minimum atomic E-state index is -4.65. The Morgan fingerprint density at radius 2 is 1.85 bits per heavy atom. The van der Waals surface area contributed by atoms with Crippen LogP contribution in [0.25, 0.3) is 0 Å². The molecule has 3 fully saturated rings. The molecular weight excluding hydrogens is 533 g/mol. The summed E-state index contributed by atoms with van der Waals surface area (Å²) in [4.78, 5) is 23.7. The van der Waals surface area contributed by atoms with Crippen LogP contribution in [0.1, 0.15) is 73.1 Å². The lowest BCUT2D eigenvalue weighted by Gasteiger charge is -2.47. The number of carbonyl (C=O) groups excluding carboxylic acids is 1. The Balaban J connectivity index is 1.19. The molecule has 3 heterocycles. The smallest absolute Gasteiger partial charge is 0.433 e. The summed E-state index contributed by atoms with van der Waals surface area (Å²) >= 11 is 0. The van der Waals surface area contributed by atoms with Crippen LogP contribution in [-0.2, 0) is 6.18 Å². The summed E-state index contributed by atoms with van der Waals surface area (Å²) in [5, 5.41) is 6.10. The van der Waals surface area contributed by atoms with Crippen molar-refractivity contribution in [3.63, 3.8) is 0 Å². The van der Waals surface area contributed by atoms with Gasteiger partial charge in [0.05, 0.1) is 18.8 Å². The summed E-state index contributed by atoms with van der Waals surface area (Å²) in [6, 6.07) is 7.20. The van der Waals surface area contributed by atoms with Crippen LogP contribution in [0.2, 0.25) is 0 Å². The second-order valence-corrected chi connectivity index (χ2v) is 11.6. The number of anilines is 2. The number of amides is 1. The van der Waals surface area contributed by atoms with E-state index in [1.165, 1.54) is 51.9 Å². The zero-order valence-corrected chi connectivity index (χ0v) is 23.5. The summed E-state index contributed by atoms with van der Waals surface area (Å²) in [7, 11) is 1.42. The largest absolute Gasteiger partial charge is 0.494 e. The van der Waals surface area contributed by atoms with Gasteiger partial charge in [-0.05, 0) is 101 Å². The third kappa shape index (κ3) is 7.01. The first-order valence-electron chi connectivity index (χ1n) is 14.5. The molecule has 4 N–H and O–H groups in total. The summed E-state index contributed by atoms with van der Waals surface area (Å²) in [6.45, 7) is 4.71. The highest BCUT2D eigenvalue weighted by Gasteiger charge is 2.38. The van der Waals surface area contributed by atoms with Crippen LogP contribution in [-0.4, -0.2) is 67.4 Å². The quantitative estimate of drug-likeness (QED) is 0.327. The molecule has 1 amide bonds. The van der Waals surface area contributed by atoms with Crippen molar-refractivity contribution in [1.29, 1.82) is 0 Å². The number of likely N-dealkylation sites (tertiary alicyclic amines) is 1. The third-order valence-electron chi connectivity index (χ3n) is 9.06. The maximum Gasteiger partial charge on any atom is 0.433 e. The predicted octanol–water partition coefficient (Wildman–Crippen LogP) is 5.14. The lowest BCUT2D eigenvalue weighted by molar-refractivity contribution is -0.141. The van der Waals surface area contributed by atoms with E-state index in [0.29, 0.717) is 22.7 Å². The molecule has 0 unspecified atom stereocenters. The van der Waals surface area contributed by atoms with Crippen molar-refractivity contribution in [1.82, 2.24) is 15.2 Å². The summed E-state index contributed by atoms with van der Waals surface area (Å²) in [5.41, 5.74) is 6.60. The van der Waals surface area contributed by atoms with Gasteiger partial charge in [-0.2, -0.15) is 13.2 Å². The van der Waals surface area contributed by atoms with Crippen molar-refractivity contribution in [3.05, 3.63) is 47.3 Å². The van der Waals surface area contributed by atoms with Gasteiger partial charge in [-0.25, -0.2) is 4.98 Å². The second kappa shape index (κ2) is 12.4. The molecular formula is C30H39F3N6O2. The van der Waals surface area contributed by atoms with Gasteiger partial charge in [0.15, 0.2) is 0 Å². The fourth-order valence-corrected chi connectivity index (χ4v) is 6.47. The van der Waals surface area contributed by atoms with Gasteiger partial charge in [0.2, 0.25) is 0 Å². The van der Waals surface area contributed by atoms with Gasteiger partial charge in [-0.1, -0.05) is 6.07 Å². The molecule has 1 aliphatic carbocycles. The molecule has 0 radical (unpaired) electrons. The van der Waals surface area contributed by atoms with E-state index in [4.69, 9.17) is 15.5 Å². The number of halogens is 3. The van der Waals surface area contributed by atoms with Crippen molar-refractivity contribution in [2.75, 3.05) is 44.3 Å². The number of alkyl halides is 3. The maximum atomic E-state index is 13.1. The van der Waals surface area contributed by atoms with Gasteiger partial charge in [-0.15, -0.1) is 0 Å². The molecule has 1 aromatic heterocycles. The van der Waals surface area contributed by atoms with E-state index in [0.717, 1.165) is 50.9 Å². The first-order valence-corrected chi connectivity index (χ1v) is 14.5. The minimum Gasteiger partial charge on any atom is -0.494 e. The molecule has 11 heteroatoms. The van der Waals surface area contributed by atoms with Crippen LogP contribution >= 0.6 is 0 Å². The highest BCUT2D eigenvalue weighted by Crippen LogP contribution is 2.41. The fourth-order valence-electron chi connectivity index (χ4n) is 6.47. The number of ether oxygens (including phenoxy) is 1. The summed E-state index contributed by atoms with van der Waals surface area (Å²) < 4.78 is 44.5. The first kappa shape index (κ1) is 29.3.